The van der Waals surface area contributed by atoms with Gasteiger partial charge in [-0.1, -0.05) is 0 Å². The molecule has 0 saturated carbocycles. The van der Waals surface area contributed by atoms with Crippen LogP contribution in [0.15, 0.2) is 52.3 Å². The Balaban J connectivity index is 2.07. The standard InChI is InChI=1S/C13H9F3N2O2S/c14-13(15,16)21-10-3-1-9(2-4-10)18-12(20)8-5-6-17-11(19)7-8/h1-7H,(H,17,19)(H,18,20). The lowest BCUT2D eigenvalue weighted by molar-refractivity contribution is -0.0328. The van der Waals surface area contributed by atoms with Crippen LogP contribution in [0.2, 0.25) is 0 Å². The van der Waals surface area contributed by atoms with Crippen LogP contribution in [-0.2, 0) is 0 Å². The lowest BCUT2D eigenvalue weighted by Gasteiger charge is -2.08. The summed E-state index contributed by atoms with van der Waals surface area (Å²) < 4.78 is 36.5. The number of rotatable bonds is 3. The van der Waals surface area contributed by atoms with Crippen LogP contribution >= 0.6 is 11.8 Å². The number of hydrogen-bond acceptors (Lipinski definition) is 3. The highest BCUT2D eigenvalue weighted by molar-refractivity contribution is 8.00. The minimum absolute atomic E-state index is 0.0247. The molecule has 0 atom stereocenters. The SMILES string of the molecule is O=C(Nc1ccc(SC(F)(F)F)cc1)c1cc[nH]c(=O)c1. The molecule has 8 heteroatoms. The molecule has 2 N–H and O–H groups in total. The van der Waals surface area contributed by atoms with E-state index in [1.807, 2.05) is 0 Å². The molecule has 0 unspecified atom stereocenters. The van der Waals surface area contributed by atoms with E-state index < -0.39 is 17.0 Å². The number of aromatic amines is 1. The number of pyridine rings is 1. The van der Waals surface area contributed by atoms with E-state index in [1.54, 1.807) is 0 Å². The minimum Gasteiger partial charge on any atom is -0.329 e. The quantitative estimate of drug-likeness (QED) is 0.855. The van der Waals surface area contributed by atoms with Crippen LogP contribution in [-0.4, -0.2) is 16.4 Å². The van der Waals surface area contributed by atoms with Crippen LogP contribution in [0.1, 0.15) is 10.4 Å². The summed E-state index contributed by atoms with van der Waals surface area (Å²) in [4.78, 5) is 25.3. The fourth-order valence-corrected chi connectivity index (χ4v) is 2.07. The number of carbonyl (C=O) groups is 1. The van der Waals surface area contributed by atoms with E-state index >= 15 is 0 Å². The van der Waals surface area contributed by atoms with E-state index in [4.69, 9.17) is 0 Å². The van der Waals surface area contributed by atoms with Gasteiger partial charge in [-0.15, -0.1) is 0 Å². The molecule has 0 aliphatic carbocycles. The van der Waals surface area contributed by atoms with Crippen molar-refractivity contribution in [3.63, 3.8) is 0 Å². The zero-order valence-electron chi connectivity index (χ0n) is 10.4. The van der Waals surface area contributed by atoms with Crippen molar-refractivity contribution in [3.8, 4) is 0 Å². The summed E-state index contributed by atoms with van der Waals surface area (Å²) in [6.45, 7) is 0. The van der Waals surface area contributed by atoms with Gasteiger partial charge in [0, 0.05) is 28.4 Å². The molecule has 2 aromatic rings. The zero-order valence-corrected chi connectivity index (χ0v) is 11.2. The third kappa shape index (κ3) is 4.67. The molecule has 4 nitrogen and oxygen atoms in total. The van der Waals surface area contributed by atoms with Gasteiger partial charge in [0.05, 0.1) is 0 Å². The van der Waals surface area contributed by atoms with Gasteiger partial charge < -0.3 is 10.3 Å². The van der Waals surface area contributed by atoms with E-state index in [0.29, 0.717) is 5.69 Å². The van der Waals surface area contributed by atoms with Gasteiger partial charge in [-0.05, 0) is 42.1 Å². The highest BCUT2D eigenvalue weighted by Crippen LogP contribution is 2.37. The molecular weight excluding hydrogens is 305 g/mol. The number of anilines is 1. The van der Waals surface area contributed by atoms with E-state index in [1.165, 1.54) is 36.5 Å². The first kappa shape index (κ1) is 15.2. The van der Waals surface area contributed by atoms with E-state index in [-0.39, 0.29) is 22.2 Å². The molecule has 0 bridgehead atoms. The zero-order chi connectivity index (χ0) is 15.5. The first-order valence-electron chi connectivity index (χ1n) is 5.69. The van der Waals surface area contributed by atoms with Crippen molar-refractivity contribution in [2.24, 2.45) is 0 Å². The van der Waals surface area contributed by atoms with Crippen LogP contribution in [0, 0.1) is 0 Å². The van der Waals surface area contributed by atoms with Crippen molar-refractivity contribution in [1.29, 1.82) is 0 Å². The first-order chi connectivity index (χ1) is 9.83. The lowest BCUT2D eigenvalue weighted by atomic mass is 10.2. The maximum absolute atomic E-state index is 12.2. The average Bonchev–Trinajstić information content (AvgIpc) is 2.39. The Morgan fingerprint density at radius 3 is 2.38 bits per heavy atom. The summed E-state index contributed by atoms with van der Waals surface area (Å²) in [5.74, 6) is -0.516. The van der Waals surface area contributed by atoms with Crippen LogP contribution in [0.25, 0.3) is 0 Å². The first-order valence-corrected chi connectivity index (χ1v) is 6.51. The van der Waals surface area contributed by atoms with Gasteiger partial charge in [-0.25, -0.2) is 0 Å². The molecular formula is C13H9F3N2O2S. The highest BCUT2D eigenvalue weighted by Gasteiger charge is 2.29. The van der Waals surface area contributed by atoms with Crippen molar-refractivity contribution in [3.05, 3.63) is 58.5 Å². The Labute approximate surface area is 121 Å². The Bertz CT molecular complexity index is 696. The van der Waals surface area contributed by atoms with Gasteiger partial charge in [0.15, 0.2) is 0 Å². The molecule has 110 valence electrons. The number of carbonyl (C=O) groups excluding carboxylic acids is 1. The molecule has 0 fully saturated rings. The number of nitrogens with one attached hydrogen (secondary N) is 2. The van der Waals surface area contributed by atoms with Gasteiger partial charge in [-0.2, -0.15) is 13.2 Å². The maximum atomic E-state index is 12.2. The second-order valence-electron chi connectivity index (χ2n) is 3.97. The Morgan fingerprint density at radius 2 is 1.81 bits per heavy atom. The summed E-state index contributed by atoms with van der Waals surface area (Å²) in [6.07, 6.45) is 1.33. The smallest absolute Gasteiger partial charge is 0.329 e. The van der Waals surface area contributed by atoms with Crippen molar-refractivity contribution < 1.29 is 18.0 Å². The molecule has 2 rings (SSSR count). The van der Waals surface area contributed by atoms with Crippen LogP contribution in [0.4, 0.5) is 18.9 Å². The number of aromatic nitrogens is 1. The van der Waals surface area contributed by atoms with Gasteiger partial charge in [0.25, 0.3) is 5.91 Å². The largest absolute Gasteiger partial charge is 0.446 e. The molecule has 0 saturated heterocycles. The minimum atomic E-state index is -4.35. The van der Waals surface area contributed by atoms with Crippen molar-refractivity contribution >= 4 is 23.4 Å². The average molecular weight is 314 g/mol. The molecule has 0 aliphatic rings. The Kier molecular flexibility index (Phi) is 4.37. The highest BCUT2D eigenvalue weighted by atomic mass is 32.2. The predicted octanol–water partition coefficient (Wildman–Crippen LogP) is 3.24. The van der Waals surface area contributed by atoms with Crippen molar-refractivity contribution in [2.75, 3.05) is 5.32 Å². The number of H-pyrrole nitrogens is 1. The number of thioether (sulfide) groups is 1. The van der Waals surface area contributed by atoms with Gasteiger partial charge in [0.1, 0.15) is 0 Å². The predicted molar refractivity (Wildman–Crippen MR) is 73.4 cm³/mol. The van der Waals surface area contributed by atoms with E-state index in [2.05, 4.69) is 10.3 Å². The van der Waals surface area contributed by atoms with Crippen LogP contribution in [0.5, 0.6) is 0 Å². The molecule has 1 amide bonds. The van der Waals surface area contributed by atoms with Crippen LogP contribution < -0.4 is 10.9 Å². The van der Waals surface area contributed by atoms with Crippen molar-refractivity contribution in [1.82, 2.24) is 4.98 Å². The molecule has 0 radical (unpaired) electrons. The van der Waals surface area contributed by atoms with E-state index in [9.17, 15) is 22.8 Å². The van der Waals surface area contributed by atoms with Gasteiger partial charge in [0.2, 0.25) is 5.56 Å². The van der Waals surface area contributed by atoms with E-state index in [0.717, 1.165) is 6.07 Å². The maximum Gasteiger partial charge on any atom is 0.446 e. The Hall–Kier alpha value is -2.22. The topological polar surface area (TPSA) is 62.0 Å². The second-order valence-corrected chi connectivity index (χ2v) is 5.11. The number of alkyl halides is 3. The van der Waals surface area contributed by atoms with Gasteiger partial charge >= 0.3 is 5.51 Å². The monoisotopic (exact) mass is 314 g/mol. The second kappa shape index (κ2) is 6.04. The van der Waals surface area contributed by atoms with Crippen LogP contribution in [0.3, 0.4) is 0 Å². The molecule has 1 aromatic heterocycles. The summed E-state index contributed by atoms with van der Waals surface area (Å²) in [5, 5.41) is 2.49. The molecule has 0 aliphatic heterocycles. The normalized spacial score (nSPS) is 11.2. The lowest BCUT2D eigenvalue weighted by Crippen LogP contribution is -2.15. The number of amides is 1. The third-order valence-electron chi connectivity index (χ3n) is 2.38. The Morgan fingerprint density at radius 1 is 1.14 bits per heavy atom. The summed E-state index contributed by atoms with van der Waals surface area (Å²) in [6, 6.07) is 7.78. The summed E-state index contributed by atoms with van der Waals surface area (Å²) in [5.41, 5.74) is -4.27. The molecule has 1 heterocycles. The number of halogens is 3. The number of benzene rings is 1. The molecule has 1 aromatic carbocycles. The molecule has 21 heavy (non-hydrogen) atoms. The van der Waals surface area contributed by atoms with Gasteiger partial charge in [-0.3, -0.25) is 9.59 Å². The summed E-state index contributed by atoms with van der Waals surface area (Å²) >= 11 is -0.231. The summed E-state index contributed by atoms with van der Waals surface area (Å²) in [7, 11) is 0. The fraction of sp³-hybridized carbons (Fsp3) is 0.0769. The molecule has 0 spiro atoms. The van der Waals surface area contributed by atoms with Crippen molar-refractivity contribution in [2.45, 2.75) is 10.4 Å². The third-order valence-corrected chi connectivity index (χ3v) is 3.12. The number of hydrogen-bond donors (Lipinski definition) is 2. The fourth-order valence-electron chi connectivity index (χ4n) is 1.53.